The van der Waals surface area contributed by atoms with Crippen LogP contribution in [0.3, 0.4) is 0 Å². The van der Waals surface area contributed by atoms with Crippen LogP contribution in [0.2, 0.25) is 0 Å². The van der Waals surface area contributed by atoms with Crippen LogP contribution in [0.25, 0.3) is 0 Å². The maximum Gasteiger partial charge on any atom is 0.101 e. The van der Waals surface area contributed by atoms with Gasteiger partial charge in [0.15, 0.2) is 0 Å². The van der Waals surface area contributed by atoms with Gasteiger partial charge in [0.05, 0.1) is 6.26 Å². The second kappa shape index (κ2) is 5.15. The van der Waals surface area contributed by atoms with Gasteiger partial charge < -0.3 is 9.73 Å². The van der Waals surface area contributed by atoms with E-state index < -0.39 is 0 Å². The van der Waals surface area contributed by atoms with Gasteiger partial charge in [0, 0.05) is 29.9 Å². The average Bonchev–Trinajstić information content (AvgIpc) is 2.78. The fourth-order valence-electron chi connectivity index (χ4n) is 2.19. The fourth-order valence-corrected chi connectivity index (χ4v) is 2.19. The lowest BCUT2D eigenvalue weighted by Crippen LogP contribution is -2.21. The van der Waals surface area contributed by atoms with Gasteiger partial charge >= 0.3 is 0 Å². The third kappa shape index (κ3) is 2.56. The highest BCUT2D eigenvalue weighted by Gasteiger charge is 2.20. The molecule has 3 heteroatoms. The highest BCUT2D eigenvalue weighted by molar-refractivity contribution is 5.25. The lowest BCUT2D eigenvalue weighted by Gasteiger charge is -2.22. The number of nitrogens with zero attached hydrogens (tertiary/aromatic N) is 1. The van der Waals surface area contributed by atoms with Crippen molar-refractivity contribution < 1.29 is 4.42 Å². The molecule has 17 heavy (non-hydrogen) atoms. The molecule has 2 rings (SSSR count). The van der Waals surface area contributed by atoms with Crippen molar-refractivity contribution in [2.75, 3.05) is 7.05 Å². The molecule has 2 unspecified atom stereocenters. The van der Waals surface area contributed by atoms with Gasteiger partial charge in [-0.3, -0.25) is 4.98 Å². The highest BCUT2D eigenvalue weighted by atomic mass is 16.3. The van der Waals surface area contributed by atoms with Crippen molar-refractivity contribution in [3.63, 3.8) is 0 Å². The second-order valence-electron chi connectivity index (χ2n) is 4.33. The van der Waals surface area contributed by atoms with Gasteiger partial charge in [-0.05, 0) is 37.7 Å². The van der Waals surface area contributed by atoms with Gasteiger partial charge in [-0.2, -0.15) is 0 Å². The molecular formula is C14H18N2O. The first-order valence-corrected chi connectivity index (χ1v) is 5.84. The zero-order valence-corrected chi connectivity index (χ0v) is 10.5. The summed E-state index contributed by atoms with van der Waals surface area (Å²) in [5.41, 5.74) is 2.47. The Hall–Kier alpha value is -1.61. The van der Waals surface area contributed by atoms with Crippen molar-refractivity contribution in [1.82, 2.24) is 10.3 Å². The Kier molecular flexibility index (Phi) is 3.59. The molecule has 0 amide bonds. The minimum atomic E-state index is 0.259. The maximum atomic E-state index is 5.38. The Labute approximate surface area is 102 Å². The number of furan rings is 1. The van der Waals surface area contributed by atoms with Crippen LogP contribution in [-0.4, -0.2) is 12.0 Å². The lowest BCUT2D eigenvalue weighted by molar-refractivity contribution is 0.489. The first-order valence-electron chi connectivity index (χ1n) is 5.84. The third-order valence-electron chi connectivity index (χ3n) is 3.15. The fraction of sp³-hybridized carbons (Fsp3) is 0.357. The molecule has 0 spiro atoms. The van der Waals surface area contributed by atoms with E-state index in [1.165, 1.54) is 11.1 Å². The average molecular weight is 230 g/mol. The van der Waals surface area contributed by atoms with E-state index in [1.54, 1.807) is 0 Å². The largest absolute Gasteiger partial charge is 0.469 e. The number of hydrogen-bond acceptors (Lipinski definition) is 3. The summed E-state index contributed by atoms with van der Waals surface area (Å²) in [6, 6.07) is 6.46. The zero-order chi connectivity index (χ0) is 12.3. The van der Waals surface area contributed by atoms with Crippen molar-refractivity contribution in [2.45, 2.75) is 25.8 Å². The first-order chi connectivity index (χ1) is 8.22. The minimum Gasteiger partial charge on any atom is -0.469 e. The van der Waals surface area contributed by atoms with E-state index in [4.69, 9.17) is 4.42 Å². The molecule has 0 aliphatic rings. The molecule has 2 atom stereocenters. The van der Waals surface area contributed by atoms with E-state index in [1.807, 2.05) is 32.6 Å². The second-order valence-corrected chi connectivity index (χ2v) is 4.33. The molecule has 0 aromatic carbocycles. The number of rotatable bonds is 4. The van der Waals surface area contributed by atoms with Gasteiger partial charge in [0.2, 0.25) is 0 Å². The number of aromatic nitrogens is 1. The van der Waals surface area contributed by atoms with E-state index in [0.717, 1.165) is 5.76 Å². The van der Waals surface area contributed by atoms with Crippen LogP contribution in [0, 0.1) is 6.92 Å². The van der Waals surface area contributed by atoms with Crippen molar-refractivity contribution >= 4 is 0 Å². The molecule has 2 heterocycles. The number of hydrogen-bond donors (Lipinski definition) is 1. The summed E-state index contributed by atoms with van der Waals surface area (Å²) in [6.07, 6.45) is 5.49. The molecular weight excluding hydrogens is 212 g/mol. The van der Waals surface area contributed by atoms with Crippen molar-refractivity contribution in [3.8, 4) is 0 Å². The molecule has 2 aromatic heterocycles. The van der Waals surface area contributed by atoms with Gasteiger partial charge in [0.25, 0.3) is 0 Å². The smallest absolute Gasteiger partial charge is 0.101 e. The molecule has 90 valence electrons. The molecule has 2 aromatic rings. The molecule has 0 fully saturated rings. The third-order valence-corrected chi connectivity index (χ3v) is 3.15. The van der Waals surface area contributed by atoms with E-state index in [0.29, 0.717) is 5.92 Å². The summed E-state index contributed by atoms with van der Waals surface area (Å²) in [5, 5.41) is 3.35. The van der Waals surface area contributed by atoms with Crippen LogP contribution in [0.4, 0.5) is 0 Å². The summed E-state index contributed by atoms with van der Waals surface area (Å²) in [4.78, 5) is 4.05. The standard InChI is InChI=1S/C14H18N2O/c1-10-8-13(9-17-10)14(15-3)11(2)12-4-6-16-7-5-12/h4-9,11,14-15H,1-3H3. The maximum absolute atomic E-state index is 5.38. The summed E-state index contributed by atoms with van der Waals surface area (Å²) in [7, 11) is 1.98. The molecule has 0 radical (unpaired) electrons. The highest BCUT2D eigenvalue weighted by Crippen LogP contribution is 2.30. The normalized spacial score (nSPS) is 14.5. The van der Waals surface area contributed by atoms with Crippen LogP contribution in [-0.2, 0) is 0 Å². The van der Waals surface area contributed by atoms with Crippen LogP contribution in [0.1, 0.15) is 35.8 Å². The van der Waals surface area contributed by atoms with Crippen LogP contribution in [0.5, 0.6) is 0 Å². The summed E-state index contributed by atoms with van der Waals surface area (Å²) in [5.74, 6) is 1.32. The summed E-state index contributed by atoms with van der Waals surface area (Å²) >= 11 is 0. The van der Waals surface area contributed by atoms with E-state index in [2.05, 4.69) is 35.4 Å². The summed E-state index contributed by atoms with van der Waals surface area (Å²) < 4.78 is 5.38. The predicted octanol–water partition coefficient (Wildman–Crippen LogP) is 3.05. The Bertz CT molecular complexity index is 464. The SMILES string of the molecule is CNC(c1coc(C)c1)C(C)c1ccncc1. The lowest BCUT2D eigenvalue weighted by atomic mass is 9.90. The predicted molar refractivity (Wildman–Crippen MR) is 67.9 cm³/mol. The Morgan fingerprint density at radius 2 is 1.94 bits per heavy atom. The Morgan fingerprint density at radius 1 is 1.24 bits per heavy atom. The molecule has 3 nitrogen and oxygen atoms in total. The molecule has 0 aliphatic heterocycles. The van der Waals surface area contributed by atoms with E-state index in [9.17, 15) is 0 Å². The van der Waals surface area contributed by atoms with Gasteiger partial charge in [-0.25, -0.2) is 0 Å². The van der Waals surface area contributed by atoms with Crippen molar-refractivity contribution in [3.05, 3.63) is 53.7 Å². The van der Waals surface area contributed by atoms with Gasteiger partial charge in [0.1, 0.15) is 5.76 Å². The van der Waals surface area contributed by atoms with Crippen molar-refractivity contribution in [2.24, 2.45) is 0 Å². The Balaban J connectivity index is 2.25. The molecule has 0 bridgehead atoms. The molecule has 0 saturated heterocycles. The molecule has 0 saturated carbocycles. The van der Waals surface area contributed by atoms with Gasteiger partial charge in [-0.15, -0.1) is 0 Å². The van der Waals surface area contributed by atoms with Crippen LogP contribution in [0.15, 0.2) is 41.3 Å². The number of likely N-dealkylation sites (N-methyl/N-ethyl adjacent to an activating group) is 1. The van der Waals surface area contributed by atoms with Crippen LogP contribution < -0.4 is 5.32 Å². The number of nitrogens with one attached hydrogen (secondary N) is 1. The van der Waals surface area contributed by atoms with Crippen LogP contribution >= 0.6 is 0 Å². The number of pyridine rings is 1. The monoisotopic (exact) mass is 230 g/mol. The Morgan fingerprint density at radius 3 is 2.47 bits per heavy atom. The summed E-state index contributed by atoms with van der Waals surface area (Å²) in [6.45, 7) is 4.17. The molecule has 0 aliphatic carbocycles. The van der Waals surface area contributed by atoms with E-state index in [-0.39, 0.29) is 6.04 Å². The zero-order valence-electron chi connectivity index (χ0n) is 10.5. The van der Waals surface area contributed by atoms with Gasteiger partial charge in [-0.1, -0.05) is 6.92 Å². The van der Waals surface area contributed by atoms with Crippen molar-refractivity contribution in [1.29, 1.82) is 0 Å². The number of aryl methyl sites for hydroxylation is 1. The minimum absolute atomic E-state index is 0.259. The first kappa shape index (κ1) is 11.9. The topological polar surface area (TPSA) is 38.1 Å². The quantitative estimate of drug-likeness (QED) is 0.877. The van der Waals surface area contributed by atoms with E-state index >= 15 is 0 Å². The molecule has 1 N–H and O–H groups in total.